The van der Waals surface area contributed by atoms with E-state index in [1.807, 2.05) is 0 Å². The summed E-state index contributed by atoms with van der Waals surface area (Å²) in [5.41, 5.74) is 0.0131. The molecule has 1 aliphatic carbocycles. The minimum Gasteiger partial charge on any atom is -0.373 e. The molecule has 3 heterocycles. The second-order valence-electron chi connectivity index (χ2n) is 5.94. The van der Waals surface area contributed by atoms with Gasteiger partial charge in [-0.05, 0) is 37.8 Å². The third-order valence-corrected chi connectivity index (χ3v) is 4.86. The number of anilines is 2. The van der Waals surface area contributed by atoms with Crippen LogP contribution in [0.5, 0.6) is 0 Å². The molecule has 1 aliphatic heterocycles. The molecule has 0 radical (unpaired) electrons. The number of pyridine rings is 1. The van der Waals surface area contributed by atoms with Crippen molar-refractivity contribution >= 4 is 23.1 Å². The number of aromatic nitrogens is 3. The van der Waals surface area contributed by atoms with Gasteiger partial charge >= 0.3 is 0 Å². The summed E-state index contributed by atoms with van der Waals surface area (Å²) >= 11 is 6.34. The highest BCUT2D eigenvalue weighted by Gasteiger charge is 2.46. The lowest BCUT2D eigenvalue weighted by molar-refractivity contribution is 0.106. The van der Waals surface area contributed by atoms with Gasteiger partial charge in [0.1, 0.15) is 29.7 Å². The maximum Gasteiger partial charge on any atom is 0.276 e. The van der Waals surface area contributed by atoms with Crippen LogP contribution in [0.3, 0.4) is 0 Å². The Kier molecular flexibility index (Phi) is 3.37. The van der Waals surface area contributed by atoms with Crippen molar-refractivity contribution in [3.63, 3.8) is 0 Å². The predicted molar refractivity (Wildman–Crippen MR) is 85.6 cm³/mol. The smallest absolute Gasteiger partial charge is 0.276 e. The largest absolute Gasteiger partial charge is 0.373 e. The lowest BCUT2D eigenvalue weighted by atomic mass is 10.1. The molecule has 1 fully saturated rings. The fraction of sp³-hybridized carbons (Fsp3) is 0.400. The summed E-state index contributed by atoms with van der Waals surface area (Å²) in [4.78, 5) is 20.9. The van der Waals surface area contributed by atoms with Crippen LogP contribution in [0.2, 0.25) is 5.02 Å². The van der Waals surface area contributed by atoms with Gasteiger partial charge in [-0.25, -0.2) is 9.97 Å². The standard InChI is InChI=1S/C15H16ClN5O2/c16-9-7-10(19-11-3-6-17-8-18-11)14(23)21-12(9)13(22)20-15(21)4-1-2-5-15/h3,6-8,13,20,22H,1-2,4-5H2,(H,17,18,19). The van der Waals surface area contributed by atoms with Crippen molar-refractivity contribution in [2.75, 3.05) is 5.32 Å². The van der Waals surface area contributed by atoms with Crippen molar-refractivity contribution in [1.82, 2.24) is 19.9 Å². The van der Waals surface area contributed by atoms with Crippen LogP contribution in [-0.2, 0) is 5.66 Å². The SMILES string of the molecule is O=c1c(Nc2ccncn2)cc(Cl)c2n1C1(CCCC1)NC2O. The van der Waals surface area contributed by atoms with Crippen LogP contribution in [-0.4, -0.2) is 19.6 Å². The first kappa shape index (κ1) is 14.6. The van der Waals surface area contributed by atoms with Crippen molar-refractivity contribution in [2.45, 2.75) is 37.6 Å². The Balaban J connectivity index is 1.85. The van der Waals surface area contributed by atoms with Crippen molar-refractivity contribution < 1.29 is 5.11 Å². The van der Waals surface area contributed by atoms with Crippen LogP contribution >= 0.6 is 11.6 Å². The fourth-order valence-electron chi connectivity index (χ4n) is 3.58. The highest BCUT2D eigenvalue weighted by Crippen LogP contribution is 2.43. The summed E-state index contributed by atoms with van der Waals surface area (Å²) in [5.74, 6) is 0.515. The minimum atomic E-state index is -0.929. The van der Waals surface area contributed by atoms with E-state index < -0.39 is 11.9 Å². The van der Waals surface area contributed by atoms with Crippen LogP contribution in [0.1, 0.15) is 37.6 Å². The van der Waals surface area contributed by atoms with Gasteiger partial charge in [0.15, 0.2) is 0 Å². The second kappa shape index (κ2) is 5.30. The number of hydrogen-bond donors (Lipinski definition) is 3. The molecule has 8 heteroatoms. The Morgan fingerprint density at radius 1 is 1.43 bits per heavy atom. The number of rotatable bonds is 2. The summed E-state index contributed by atoms with van der Waals surface area (Å²) in [6.07, 6.45) is 5.67. The van der Waals surface area contributed by atoms with Gasteiger partial charge in [0.05, 0.1) is 10.7 Å². The number of aliphatic hydroxyl groups excluding tert-OH is 1. The van der Waals surface area contributed by atoms with E-state index in [9.17, 15) is 9.90 Å². The summed E-state index contributed by atoms with van der Waals surface area (Å²) in [7, 11) is 0. The molecular formula is C15H16ClN5O2. The van der Waals surface area contributed by atoms with Gasteiger partial charge in [-0.15, -0.1) is 0 Å². The van der Waals surface area contributed by atoms with Crippen LogP contribution in [0, 0.1) is 0 Å². The number of aliphatic hydroxyl groups is 1. The van der Waals surface area contributed by atoms with Gasteiger partial charge in [-0.3, -0.25) is 14.7 Å². The van der Waals surface area contributed by atoms with Gasteiger partial charge in [0.2, 0.25) is 0 Å². The minimum absolute atomic E-state index is 0.214. The normalized spacial score (nSPS) is 21.6. The van der Waals surface area contributed by atoms with Crippen LogP contribution in [0.15, 0.2) is 29.5 Å². The molecule has 0 aromatic carbocycles. The van der Waals surface area contributed by atoms with E-state index in [0.29, 0.717) is 22.2 Å². The highest BCUT2D eigenvalue weighted by atomic mass is 35.5. The first-order valence-corrected chi connectivity index (χ1v) is 7.93. The molecule has 1 unspecified atom stereocenters. The number of halogens is 1. The number of nitrogens with zero attached hydrogens (tertiary/aromatic N) is 3. The quantitative estimate of drug-likeness (QED) is 0.777. The van der Waals surface area contributed by atoms with E-state index in [4.69, 9.17) is 11.6 Å². The van der Waals surface area contributed by atoms with Crippen molar-refractivity contribution in [2.24, 2.45) is 0 Å². The van der Waals surface area contributed by atoms with Crippen molar-refractivity contribution in [1.29, 1.82) is 0 Å². The Labute approximate surface area is 137 Å². The average Bonchev–Trinajstić information content (AvgIpc) is 3.11. The third kappa shape index (κ3) is 2.23. The molecule has 0 saturated heterocycles. The zero-order valence-corrected chi connectivity index (χ0v) is 13.0. The average molecular weight is 334 g/mol. The molecule has 2 aromatic rings. The van der Waals surface area contributed by atoms with Crippen LogP contribution < -0.4 is 16.2 Å². The molecule has 2 aliphatic rings. The maximum absolute atomic E-state index is 13.0. The summed E-state index contributed by atoms with van der Waals surface area (Å²) in [6, 6.07) is 3.21. The molecule has 4 rings (SSSR count). The Hall–Kier alpha value is -1.96. The van der Waals surface area contributed by atoms with Gasteiger partial charge < -0.3 is 10.4 Å². The first-order valence-electron chi connectivity index (χ1n) is 7.55. The first-order chi connectivity index (χ1) is 11.1. The Bertz CT molecular complexity index is 802. The second-order valence-corrected chi connectivity index (χ2v) is 6.34. The molecule has 0 amide bonds. The molecule has 7 nitrogen and oxygen atoms in total. The number of hydrogen-bond acceptors (Lipinski definition) is 6. The summed E-state index contributed by atoms with van der Waals surface area (Å²) in [6.45, 7) is 0. The highest BCUT2D eigenvalue weighted by molar-refractivity contribution is 6.31. The predicted octanol–water partition coefficient (Wildman–Crippen LogP) is 1.86. The molecule has 2 aromatic heterocycles. The summed E-state index contributed by atoms with van der Waals surface area (Å²) < 4.78 is 1.62. The molecule has 23 heavy (non-hydrogen) atoms. The van der Waals surface area contributed by atoms with E-state index >= 15 is 0 Å². The monoisotopic (exact) mass is 333 g/mol. The number of nitrogens with one attached hydrogen (secondary N) is 2. The van der Waals surface area contributed by atoms with E-state index in [2.05, 4.69) is 20.6 Å². The van der Waals surface area contributed by atoms with Gasteiger partial charge in [0, 0.05) is 6.20 Å². The van der Waals surface area contributed by atoms with E-state index in [1.54, 1.807) is 16.8 Å². The Morgan fingerprint density at radius 3 is 2.91 bits per heavy atom. The lowest BCUT2D eigenvalue weighted by Gasteiger charge is -2.27. The van der Waals surface area contributed by atoms with Gasteiger partial charge in [-0.1, -0.05) is 11.6 Å². The van der Waals surface area contributed by atoms with Crippen molar-refractivity contribution in [3.8, 4) is 0 Å². The van der Waals surface area contributed by atoms with Crippen LogP contribution in [0.4, 0.5) is 11.5 Å². The lowest BCUT2D eigenvalue weighted by Crippen LogP contribution is -2.44. The van der Waals surface area contributed by atoms with E-state index in [0.717, 1.165) is 25.7 Å². The summed E-state index contributed by atoms with van der Waals surface area (Å²) in [5, 5.41) is 16.8. The maximum atomic E-state index is 13.0. The fourth-order valence-corrected chi connectivity index (χ4v) is 3.88. The zero-order valence-electron chi connectivity index (χ0n) is 12.3. The molecule has 0 bridgehead atoms. The molecule has 1 atom stereocenters. The molecule has 1 saturated carbocycles. The molecule has 3 N–H and O–H groups in total. The van der Waals surface area contributed by atoms with E-state index in [1.165, 1.54) is 12.4 Å². The molecule has 120 valence electrons. The third-order valence-electron chi connectivity index (χ3n) is 4.56. The van der Waals surface area contributed by atoms with Gasteiger partial charge in [-0.2, -0.15) is 0 Å². The Morgan fingerprint density at radius 2 is 2.22 bits per heavy atom. The topological polar surface area (TPSA) is 92.1 Å². The van der Waals surface area contributed by atoms with Crippen molar-refractivity contribution in [3.05, 3.63) is 45.7 Å². The van der Waals surface area contributed by atoms with Gasteiger partial charge in [0.25, 0.3) is 5.56 Å². The molecule has 1 spiro atoms. The number of fused-ring (bicyclic) bond motifs is 2. The van der Waals surface area contributed by atoms with E-state index in [-0.39, 0.29) is 5.56 Å². The van der Waals surface area contributed by atoms with Crippen LogP contribution in [0.25, 0.3) is 0 Å². The molecular weight excluding hydrogens is 318 g/mol. The zero-order chi connectivity index (χ0) is 16.0.